The van der Waals surface area contributed by atoms with Crippen molar-refractivity contribution in [3.05, 3.63) is 47.0 Å². The Hall–Kier alpha value is -1.97. The summed E-state index contributed by atoms with van der Waals surface area (Å²) >= 11 is 1.64. The summed E-state index contributed by atoms with van der Waals surface area (Å²) < 4.78 is 26.3. The highest BCUT2D eigenvalue weighted by Crippen LogP contribution is 2.18. The van der Waals surface area contributed by atoms with E-state index in [9.17, 15) is 8.78 Å². The Morgan fingerprint density at radius 3 is 2.68 bits per heavy atom. The smallest absolute Gasteiger partial charge is 0.185 e. The summed E-state index contributed by atoms with van der Waals surface area (Å²) in [5.74, 6) is 4.54. The first kappa shape index (κ1) is 14.9. The van der Waals surface area contributed by atoms with Gasteiger partial charge in [-0.2, -0.15) is 0 Å². The Labute approximate surface area is 132 Å². The highest BCUT2D eigenvalue weighted by Gasteiger charge is 2.17. The molecule has 1 fully saturated rings. The predicted molar refractivity (Wildman–Crippen MR) is 84.0 cm³/mol. The molecule has 1 aromatic carbocycles. The molecule has 1 aliphatic rings. The maximum Gasteiger partial charge on any atom is 0.185 e. The van der Waals surface area contributed by atoms with Crippen LogP contribution >= 0.6 is 11.3 Å². The van der Waals surface area contributed by atoms with Crippen LogP contribution in [-0.4, -0.2) is 42.6 Å². The maximum atomic E-state index is 13.5. The minimum Gasteiger partial charge on any atom is -0.346 e. The number of rotatable bonds is 2. The van der Waals surface area contributed by atoms with Gasteiger partial charge in [0.2, 0.25) is 0 Å². The predicted octanol–water partition coefficient (Wildman–Crippen LogP) is 2.60. The van der Waals surface area contributed by atoms with Gasteiger partial charge in [-0.25, -0.2) is 13.8 Å². The van der Waals surface area contributed by atoms with Gasteiger partial charge in [0.1, 0.15) is 11.6 Å². The van der Waals surface area contributed by atoms with Crippen LogP contribution in [0.15, 0.2) is 29.8 Å². The van der Waals surface area contributed by atoms with Crippen molar-refractivity contribution in [2.24, 2.45) is 0 Å². The third kappa shape index (κ3) is 3.62. The van der Waals surface area contributed by atoms with Crippen LogP contribution in [0.4, 0.5) is 13.9 Å². The van der Waals surface area contributed by atoms with Crippen molar-refractivity contribution in [1.29, 1.82) is 0 Å². The number of anilines is 1. The van der Waals surface area contributed by atoms with E-state index in [4.69, 9.17) is 0 Å². The summed E-state index contributed by atoms with van der Waals surface area (Å²) in [5.41, 5.74) is 0.239. The van der Waals surface area contributed by atoms with Crippen LogP contribution in [-0.2, 0) is 0 Å². The van der Waals surface area contributed by atoms with Gasteiger partial charge >= 0.3 is 0 Å². The normalized spacial score (nSPS) is 15.5. The van der Waals surface area contributed by atoms with Gasteiger partial charge in [0.05, 0.1) is 12.1 Å². The van der Waals surface area contributed by atoms with E-state index in [1.54, 1.807) is 11.3 Å². The second-order valence-electron chi connectivity index (χ2n) is 5.00. The number of nitrogens with zero attached hydrogens (tertiary/aromatic N) is 3. The second kappa shape index (κ2) is 6.86. The molecule has 0 unspecified atom stereocenters. The molecule has 0 bridgehead atoms. The lowest BCUT2D eigenvalue weighted by atomic mass is 10.2. The van der Waals surface area contributed by atoms with Crippen molar-refractivity contribution in [2.75, 3.05) is 37.6 Å². The highest BCUT2D eigenvalue weighted by molar-refractivity contribution is 7.13. The molecule has 2 heterocycles. The van der Waals surface area contributed by atoms with Crippen LogP contribution < -0.4 is 4.90 Å². The lowest BCUT2D eigenvalue weighted by Crippen LogP contribution is -2.46. The van der Waals surface area contributed by atoms with Gasteiger partial charge in [0, 0.05) is 43.8 Å². The van der Waals surface area contributed by atoms with E-state index in [0.29, 0.717) is 6.54 Å². The third-order valence-corrected chi connectivity index (χ3v) is 4.35. The Morgan fingerprint density at radius 2 is 2.00 bits per heavy atom. The first-order valence-electron chi connectivity index (χ1n) is 7.03. The zero-order valence-corrected chi connectivity index (χ0v) is 12.7. The molecule has 0 amide bonds. The molecule has 6 heteroatoms. The van der Waals surface area contributed by atoms with E-state index < -0.39 is 11.6 Å². The molecule has 0 aliphatic carbocycles. The fraction of sp³-hybridized carbons (Fsp3) is 0.312. The first-order chi connectivity index (χ1) is 10.7. The van der Waals surface area contributed by atoms with Crippen LogP contribution in [0.25, 0.3) is 0 Å². The molecule has 0 atom stereocenters. The highest BCUT2D eigenvalue weighted by atomic mass is 32.1. The molecule has 1 aromatic heterocycles. The van der Waals surface area contributed by atoms with Crippen molar-refractivity contribution >= 4 is 16.5 Å². The molecule has 0 spiro atoms. The van der Waals surface area contributed by atoms with Crippen molar-refractivity contribution in [3.63, 3.8) is 0 Å². The van der Waals surface area contributed by atoms with Crippen LogP contribution in [0.3, 0.4) is 0 Å². The van der Waals surface area contributed by atoms with Gasteiger partial charge in [0.15, 0.2) is 5.13 Å². The second-order valence-corrected chi connectivity index (χ2v) is 5.88. The molecule has 22 heavy (non-hydrogen) atoms. The number of hydrogen-bond donors (Lipinski definition) is 0. The van der Waals surface area contributed by atoms with Crippen molar-refractivity contribution in [2.45, 2.75) is 0 Å². The Morgan fingerprint density at radius 1 is 1.18 bits per heavy atom. The van der Waals surface area contributed by atoms with Crippen LogP contribution in [0.1, 0.15) is 5.56 Å². The van der Waals surface area contributed by atoms with Gasteiger partial charge < -0.3 is 4.90 Å². The summed E-state index contributed by atoms with van der Waals surface area (Å²) in [4.78, 5) is 8.79. The molecular formula is C16H15F2N3S. The zero-order valence-electron chi connectivity index (χ0n) is 11.9. The fourth-order valence-electron chi connectivity index (χ4n) is 2.31. The SMILES string of the molecule is Fc1ccc(C#CCN2CCN(c3nccs3)CC2)c(F)c1. The molecule has 3 rings (SSSR count). The fourth-order valence-corrected chi connectivity index (χ4v) is 3.00. The van der Waals surface area contributed by atoms with Gasteiger partial charge in [0.25, 0.3) is 0 Å². The van der Waals surface area contributed by atoms with Crippen molar-refractivity contribution < 1.29 is 8.78 Å². The molecule has 2 aromatic rings. The quantitative estimate of drug-likeness (QED) is 0.793. The van der Waals surface area contributed by atoms with Crippen LogP contribution in [0, 0.1) is 23.5 Å². The molecule has 0 saturated carbocycles. The largest absolute Gasteiger partial charge is 0.346 e. The maximum absolute atomic E-state index is 13.5. The number of piperazine rings is 1. The van der Waals surface area contributed by atoms with E-state index in [2.05, 4.69) is 26.6 Å². The number of thiazole rings is 1. The van der Waals surface area contributed by atoms with E-state index in [1.165, 1.54) is 12.1 Å². The summed E-state index contributed by atoms with van der Waals surface area (Å²) in [5, 5.41) is 3.03. The number of benzene rings is 1. The molecule has 1 saturated heterocycles. The van der Waals surface area contributed by atoms with Crippen LogP contribution in [0.2, 0.25) is 0 Å². The molecule has 1 aliphatic heterocycles. The van der Waals surface area contributed by atoms with E-state index in [-0.39, 0.29) is 5.56 Å². The Bertz CT molecular complexity index is 683. The zero-order chi connectivity index (χ0) is 15.4. The lowest BCUT2D eigenvalue weighted by Gasteiger charge is -2.33. The molecule has 114 valence electrons. The third-order valence-electron chi connectivity index (χ3n) is 3.52. The van der Waals surface area contributed by atoms with Gasteiger partial charge in [-0.15, -0.1) is 11.3 Å². The molecule has 0 N–H and O–H groups in total. The van der Waals surface area contributed by atoms with Gasteiger partial charge in [-0.1, -0.05) is 11.8 Å². The van der Waals surface area contributed by atoms with E-state index in [0.717, 1.165) is 37.4 Å². The van der Waals surface area contributed by atoms with E-state index in [1.807, 2.05) is 11.6 Å². The van der Waals surface area contributed by atoms with E-state index >= 15 is 0 Å². The standard InChI is InChI=1S/C16H15F2N3S/c17-14-4-3-13(15(18)12-14)2-1-6-20-7-9-21(10-8-20)16-19-5-11-22-16/h3-5,11-12H,6-10H2. The number of hydrogen-bond acceptors (Lipinski definition) is 4. The summed E-state index contributed by atoms with van der Waals surface area (Å²) in [6, 6.07) is 3.45. The molecule has 3 nitrogen and oxygen atoms in total. The molecular weight excluding hydrogens is 304 g/mol. The van der Waals surface area contributed by atoms with Crippen molar-refractivity contribution in [3.8, 4) is 11.8 Å². The average molecular weight is 319 g/mol. The number of halogens is 2. The summed E-state index contributed by atoms with van der Waals surface area (Å²) in [7, 11) is 0. The Balaban J connectivity index is 1.52. The summed E-state index contributed by atoms with van der Waals surface area (Å²) in [6.07, 6.45) is 1.81. The topological polar surface area (TPSA) is 19.4 Å². The monoisotopic (exact) mass is 319 g/mol. The van der Waals surface area contributed by atoms with Gasteiger partial charge in [-0.3, -0.25) is 4.90 Å². The first-order valence-corrected chi connectivity index (χ1v) is 7.91. The Kier molecular flexibility index (Phi) is 4.66. The lowest BCUT2D eigenvalue weighted by molar-refractivity contribution is 0.288. The average Bonchev–Trinajstić information content (AvgIpc) is 3.04. The minimum atomic E-state index is -0.610. The minimum absolute atomic E-state index is 0.239. The number of aromatic nitrogens is 1. The van der Waals surface area contributed by atoms with Gasteiger partial charge in [-0.05, 0) is 12.1 Å². The summed E-state index contributed by atoms with van der Waals surface area (Å²) in [6.45, 7) is 4.23. The van der Waals surface area contributed by atoms with Crippen molar-refractivity contribution in [1.82, 2.24) is 9.88 Å². The van der Waals surface area contributed by atoms with Crippen LogP contribution in [0.5, 0.6) is 0 Å². The molecule has 0 radical (unpaired) electrons.